The summed E-state index contributed by atoms with van der Waals surface area (Å²) >= 11 is 0. The minimum atomic E-state index is -0.716. The largest absolute Gasteiger partial charge is 0.330 e. The Hall–Kier alpha value is -4.17. The molecule has 3 aromatic carbocycles. The van der Waals surface area contributed by atoms with E-state index in [-0.39, 0.29) is 35.2 Å². The number of nitrogens with zero attached hydrogens (tertiary/aromatic N) is 3. The molecule has 4 rings (SSSR count). The maximum absolute atomic E-state index is 14.9. The standard InChI is InChI=1S/C33H36F2N4O2/c1-21(2)30(38(18-8-17-36)32(40)25-13-11-22(3)12-14-25)31-37-23(4)29(27-19-26(34)15-16-28(27)35)33(41)39(31)20-24-9-6-5-7-10-24/h5-7,9-16,19,21,30H,8,17-18,20,36H2,1-4H3. The van der Waals surface area contributed by atoms with Crippen molar-refractivity contribution in [3.05, 3.63) is 123 Å². The fourth-order valence-electron chi connectivity index (χ4n) is 5.11. The second kappa shape index (κ2) is 13.0. The summed E-state index contributed by atoms with van der Waals surface area (Å²) in [5.74, 6) is -1.34. The Kier molecular flexibility index (Phi) is 9.45. The van der Waals surface area contributed by atoms with E-state index in [2.05, 4.69) is 0 Å². The van der Waals surface area contributed by atoms with E-state index in [0.717, 1.165) is 29.3 Å². The van der Waals surface area contributed by atoms with Gasteiger partial charge in [0, 0.05) is 17.7 Å². The van der Waals surface area contributed by atoms with Crippen LogP contribution in [0.5, 0.6) is 0 Å². The molecule has 0 aliphatic heterocycles. The minimum Gasteiger partial charge on any atom is -0.330 e. The van der Waals surface area contributed by atoms with Crippen LogP contribution in [-0.4, -0.2) is 33.4 Å². The number of halogens is 2. The molecule has 4 aromatic rings. The van der Waals surface area contributed by atoms with Crippen LogP contribution < -0.4 is 11.3 Å². The number of amides is 1. The smallest absolute Gasteiger partial charge is 0.262 e. The van der Waals surface area contributed by atoms with Gasteiger partial charge in [-0.05, 0) is 68.6 Å². The van der Waals surface area contributed by atoms with Crippen molar-refractivity contribution >= 4 is 5.91 Å². The van der Waals surface area contributed by atoms with Crippen LogP contribution in [0.4, 0.5) is 8.78 Å². The quantitative estimate of drug-likeness (QED) is 0.257. The summed E-state index contributed by atoms with van der Waals surface area (Å²) in [6.45, 7) is 8.37. The van der Waals surface area contributed by atoms with Gasteiger partial charge >= 0.3 is 0 Å². The third-order valence-electron chi connectivity index (χ3n) is 7.16. The molecule has 1 atom stereocenters. The number of benzene rings is 3. The van der Waals surface area contributed by atoms with Crippen LogP contribution in [0.3, 0.4) is 0 Å². The first-order valence-electron chi connectivity index (χ1n) is 13.8. The summed E-state index contributed by atoms with van der Waals surface area (Å²) in [5.41, 5.74) is 7.83. The Labute approximate surface area is 239 Å². The van der Waals surface area contributed by atoms with Crippen molar-refractivity contribution in [2.24, 2.45) is 11.7 Å². The van der Waals surface area contributed by atoms with E-state index in [1.165, 1.54) is 4.57 Å². The second-order valence-corrected chi connectivity index (χ2v) is 10.6. The van der Waals surface area contributed by atoms with E-state index in [1.54, 1.807) is 24.0 Å². The molecule has 0 saturated heterocycles. The lowest BCUT2D eigenvalue weighted by Crippen LogP contribution is -2.42. The molecular formula is C33H36F2N4O2. The lowest BCUT2D eigenvalue weighted by atomic mass is 9.97. The summed E-state index contributed by atoms with van der Waals surface area (Å²) in [6.07, 6.45) is 0.551. The summed E-state index contributed by atoms with van der Waals surface area (Å²) < 4.78 is 30.6. The highest BCUT2D eigenvalue weighted by atomic mass is 19.1. The first kappa shape index (κ1) is 29.8. The average Bonchev–Trinajstić information content (AvgIpc) is 2.95. The number of carbonyl (C=O) groups excluding carboxylic acids is 1. The van der Waals surface area contributed by atoms with E-state index in [1.807, 2.05) is 63.2 Å². The topological polar surface area (TPSA) is 81.2 Å². The number of hydrogen-bond donors (Lipinski definition) is 1. The highest BCUT2D eigenvalue weighted by Crippen LogP contribution is 2.32. The molecule has 0 aliphatic rings. The highest BCUT2D eigenvalue weighted by Gasteiger charge is 2.33. The third kappa shape index (κ3) is 6.60. The molecule has 0 fully saturated rings. The van der Waals surface area contributed by atoms with Crippen LogP contribution in [0.1, 0.15) is 59.3 Å². The number of aromatic nitrogens is 2. The molecule has 1 heterocycles. The number of nitrogens with two attached hydrogens (primary N) is 1. The Balaban J connectivity index is 1.96. The summed E-state index contributed by atoms with van der Waals surface area (Å²) in [4.78, 5) is 34.8. The molecule has 214 valence electrons. The Bertz CT molecular complexity index is 1570. The van der Waals surface area contributed by atoms with Gasteiger partial charge in [0.15, 0.2) is 0 Å². The molecule has 1 aromatic heterocycles. The van der Waals surface area contributed by atoms with Crippen LogP contribution in [0, 0.1) is 31.4 Å². The van der Waals surface area contributed by atoms with Gasteiger partial charge in [0.1, 0.15) is 17.5 Å². The molecule has 0 saturated carbocycles. The molecule has 1 unspecified atom stereocenters. The van der Waals surface area contributed by atoms with Crippen LogP contribution >= 0.6 is 0 Å². The number of carbonyl (C=O) groups is 1. The van der Waals surface area contributed by atoms with Gasteiger partial charge in [-0.2, -0.15) is 0 Å². The Morgan fingerprint density at radius 2 is 1.68 bits per heavy atom. The van der Waals surface area contributed by atoms with E-state index in [4.69, 9.17) is 10.7 Å². The van der Waals surface area contributed by atoms with Crippen molar-refractivity contribution in [3.63, 3.8) is 0 Å². The predicted octanol–water partition coefficient (Wildman–Crippen LogP) is 6.04. The second-order valence-electron chi connectivity index (χ2n) is 10.6. The van der Waals surface area contributed by atoms with E-state index in [0.29, 0.717) is 30.9 Å². The molecule has 41 heavy (non-hydrogen) atoms. The van der Waals surface area contributed by atoms with Crippen molar-refractivity contribution in [3.8, 4) is 11.1 Å². The van der Waals surface area contributed by atoms with Crippen molar-refractivity contribution in [1.29, 1.82) is 0 Å². The van der Waals surface area contributed by atoms with Gasteiger partial charge in [0.2, 0.25) is 0 Å². The van der Waals surface area contributed by atoms with Crippen molar-refractivity contribution in [2.75, 3.05) is 13.1 Å². The zero-order valence-corrected chi connectivity index (χ0v) is 23.9. The molecule has 8 heteroatoms. The third-order valence-corrected chi connectivity index (χ3v) is 7.16. The normalized spacial score (nSPS) is 12.0. The SMILES string of the molecule is Cc1ccc(C(=O)N(CCCN)C(c2nc(C)c(-c3cc(F)ccc3F)c(=O)n2Cc2ccccc2)C(C)C)cc1. The summed E-state index contributed by atoms with van der Waals surface area (Å²) in [6, 6.07) is 19.1. The minimum absolute atomic E-state index is 0.0115. The van der Waals surface area contributed by atoms with Crippen molar-refractivity contribution < 1.29 is 13.6 Å². The lowest BCUT2D eigenvalue weighted by Gasteiger charge is -2.36. The van der Waals surface area contributed by atoms with Gasteiger partial charge in [-0.25, -0.2) is 13.8 Å². The van der Waals surface area contributed by atoms with Gasteiger partial charge < -0.3 is 10.6 Å². The lowest BCUT2D eigenvalue weighted by molar-refractivity contribution is 0.0602. The fraction of sp³-hybridized carbons (Fsp3) is 0.303. The van der Waals surface area contributed by atoms with E-state index < -0.39 is 23.2 Å². The molecule has 0 radical (unpaired) electrons. The Morgan fingerprint density at radius 3 is 2.32 bits per heavy atom. The first-order chi connectivity index (χ1) is 19.6. The van der Waals surface area contributed by atoms with Gasteiger partial charge in [-0.15, -0.1) is 0 Å². The predicted molar refractivity (Wildman–Crippen MR) is 158 cm³/mol. The zero-order chi connectivity index (χ0) is 29.7. The molecule has 1 amide bonds. The van der Waals surface area contributed by atoms with Gasteiger partial charge in [-0.1, -0.05) is 61.9 Å². The molecule has 0 spiro atoms. The number of aryl methyl sites for hydroxylation is 2. The molecular weight excluding hydrogens is 522 g/mol. The van der Waals surface area contributed by atoms with Gasteiger partial charge in [0.25, 0.3) is 11.5 Å². The molecule has 0 aliphatic carbocycles. The maximum atomic E-state index is 14.9. The van der Waals surface area contributed by atoms with E-state index >= 15 is 0 Å². The molecule has 2 N–H and O–H groups in total. The monoisotopic (exact) mass is 558 g/mol. The van der Waals surface area contributed by atoms with Crippen molar-refractivity contribution in [2.45, 2.75) is 46.7 Å². The number of rotatable bonds is 10. The highest BCUT2D eigenvalue weighted by molar-refractivity contribution is 5.94. The summed E-state index contributed by atoms with van der Waals surface area (Å²) in [5, 5.41) is 0. The van der Waals surface area contributed by atoms with Crippen LogP contribution in [0.15, 0.2) is 77.6 Å². The van der Waals surface area contributed by atoms with E-state index in [9.17, 15) is 18.4 Å². The van der Waals surface area contributed by atoms with Gasteiger partial charge in [-0.3, -0.25) is 14.2 Å². The summed E-state index contributed by atoms with van der Waals surface area (Å²) in [7, 11) is 0. The average molecular weight is 559 g/mol. The fourth-order valence-corrected chi connectivity index (χ4v) is 5.11. The molecule has 6 nitrogen and oxygen atoms in total. The maximum Gasteiger partial charge on any atom is 0.262 e. The zero-order valence-electron chi connectivity index (χ0n) is 23.9. The van der Waals surface area contributed by atoms with Crippen LogP contribution in [0.25, 0.3) is 11.1 Å². The van der Waals surface area contributed by atoms with Gasteiger partial charge in [0.05, 0.1) is 23.8 Å². The van der Waals surface area contributed by atoms with Crippen LogP contribution in [-0.2, 0) is 6.54 Å². The van der Waals surface area contributed by atoms with Crippen molar-refractivity contribution in [1.82, 2.24) is 14.5 Å². The Morgan fingerprint density at radius 1 is 1.00 bits per heavy atom. The number of hydrogen-bond acceptors (Lipinski definition) is 4. The van der Waals surface area contributed by atoms with Crippen LogP contribution in [0.2, 0.25) is 0 Å². The first-order valence-corrected chi connectivity index (χ1v) is 13.8. The molecule has 0 bridgehead atoms.